The van der Waals surface area contributed by atoms with Gasteiger partial charge in [-0.3, -0.25) is 4.98 Å². The maximum absolute atomic E-state index is 5.46. The van der Waals surface area contributed by atoms with Crippen molar-refractivity contribution in [1.29, 1.82) is 0 Å². The van der Waals surface area contributed by atoms with Gasteiger partial charge in [-0.25, -0.2) is 0 Å². The lowest BCUT2D eigenvalue weighted by atomic mass is 10.2. The first-order chi connectivity index (χ1) is 6.24. The van der Waals surface area contributed by atoms with E-state index in [1.165, 1.54) is 5.56 Å². The minimum absolute atomic E-state index is 0.704. The van der Waals surface area contributed by atoms with Crippen LogP contribution in [0.15, 0.2) is 18.3 Å². The van der Waals surface area contributed by atoms with Crippen molar-refractivity contribution in [2.24, 2.45) is 5.73 Å². The van der Waals surface area contributed by atoms with Crippen LogP contribution in [0.5, 0.6) is 0 Å². The van der Waals surface area contributed by atoms with Crippen LogP contribution in [-0.2, 0) is 6.54 Å². The fraction of sp³-hybridized carbons (Fsp3) is 0.500. The zero-order valence-electron chi connectivity index (χ0n) is 8.33. The van der Waals surface area contributed by atoms with Crippen molar-refractivity contribution in [3.63, 3.8) is 0 Å². The molecule has 0 aliphatic heterocycles. The summed E-state index contributed by atoms with van der Waals surface area (Å²) in [4.78, 5) is 6.43. The van der Waals surface area contributed by atoms with Crippen molar-refractivity contribution in [2.45, 2.75) is 13.5 Å². The molecule has 72 valence electrons. The Hall–Kier alpha value is -0.930. The highest BCUT2D eigenvalue weighted by atomic mass is 15.1. The van der Waals surface area contributed by atoms with Crippen molar-refractivity contribution < 1.29 is 0 Å². The van der Waals surface area contributed by atoms with Gasteiger partial charge in [0.15, 0.2) is 0 Å². The molecule has 1 aromatic rings. The Morgan fingerprint density at radius 2 is 2.31 bits per heavy atom. The van der Waals surface area contributed by atoms with Crippen molar-refractivity contribution in [2.75, 3.05) is 20.1 Å². The Bertz CT molecular complexity index is 260. The molecule has 0 aromatic carbocycles. The maximum Gasteiger partial charge on any atom is 0.0417 e. The predicted octanol–water partition coefficient (Wildman–Crippen LogP) is 0.781. The lowest BCUT2D eigenvalue weighted by Gasteiger charge is -2.16. The molecule has 0 aliphatic rings. The zero-order chi connectivity index (χ0) is 9.68. The molecule has 0 saturated heterocycles. The van der Waals surface area contributed by atoms with Crippen LogP contribution < -0.4 is 5.73 Å². The number of rotatable bonds is 4. The first kappa shape index (κ1) is 10.2. The number of pyridine rings is 1. The third-order valence-corrected chi connectivity index (χ3v) is 2.07. The van der Waals surface area contributed by atoms with Crippen LogP contribution in [0.4, 0.5) is 0 Å². The fourth-order valence-electron chi connectivity index (χ4n) is 1.27. The molecule has 13 heavy (non-hydrogen) atoms. The molecular formula is C10H17N3. The molecule has 1 heterocycles. The molecule has 0 amide bonds. The zero-order valence-corrected chi connectivity index (χ0v) is 8.33. The largest absolute Gasteiger partial charge is 0.329 e. The van der Waals surface area contributed by atoms with E-state index in [2.05, 4.69) is 23.0 Å². The van der Waals surface area contributed by atoms with Gasteiger partial charge in [-0.1, -0.05) is 6.07 Å². The highest BCUT2D eigenvalue weighted by Crippen LogP contribution is 2.05. The van der Waals surface area contributed by atoms with Gasteiger partial charge in [-0.05, 0) is 25.6 Å². The second kappa shape index (κ2) is 4.94. The van der Waals surface area contributed by atoms with E-state index < -0.39 is 0 Å². The first-order valence-corrected chi connectivity index (χ1v) is 4.53. The van der Waals surface area contributed by atoms with E-state index in [9.17, 15) is 0 Å². The second-order valence-corrected chi connectivity index (χ2v) is 3.27. The molecule has 0 atom stereocenters. The van der Waals surface area contributed by atoms with Crippen LogP contribution in [0, 0.1) is 6.92 Å². The molecule has 3 nitrogen and oxygen atoms in total. The summed E-state index contributed by atoms with van der Waals surface area (Å²) in [6.45, 7) is 4.59. The fourth-order valence-corrected chi connectivity index (χ4v) is 1.27. The summed E-state index contributed by atoms with van der Waals surface area (Å²) in [5.41, 5.74) is 7.84. The smallest absolute Gasteiger partial charge is 0.0417 e. The quantitative estimate of drug-likeness (QED) is 0.742. The summed E-state index contributed by atoms with van der Waals surface area (Å²) in [6, 6.07) is 4.08. The molecular weight excluding hydrogens is 162 g/mol. The van der Waals surface area contributed by atoms with Crippen LogP contribution in [0.3, 0.4) is 0 Å². The highest BCUT2D eigenvalue weighted by Gasteiger charge is 2.01. The number of likely N-dealkylation sites (N-methyl/N-ethyl adjacent to an activating group) is 1. The Balaban J connectivity index is 2.58. The summed E-state index contributed by atoms with van der Waals surface area (Å²) < 4.78 is 0. The van der Waals surface area contributed by atoms with Gasteiger partial charge in [-0.2, -0.15) is 0 Å². The van der Waals surface area contributed by atoms with Gasteiger partial charge in [0.25, 0.3) is 0 Å². The number of nitrogens with zero attached hydrogens (tertiary/aromatic N) is 2. The average molecular weight is 179 g/mol. The monoisotopic (exact) mass is 179 g/mol. The number of hydrogen-bond acceptors (Lipinski definition) is 3. The second-order valence-electron chi connectivity index (χ2n) is 3.27. The molecule has 1 rings (SSSR count). The molecule has 0 fully saturated rings. The minimum Gasteiger partial charge on any atom is -0.329 e. The Morgan fingerprint density at radius 1 is 1.54 bits per heavy atom. The predicted molar refractivity (Wildman–Crippen MR) is 54.4 cm³/mol. The van der Waals surface area contributed by atoms with Gasteiger partial charge in [0, 0.05) is 31.5 Å². The van der Waals surface area contributed by atoms with E-state index in [0.717, 1.165) is 18.8 Å². The minimum atomic E-state index is 0.704. The molecule has 0 saturated carbocycles. The summed E-state index contributed by atoms with van der Waals surface area (Å²) in [6.07, 6.45) is 1.82. The number of aryl methyl sites for hydroxylation is 1. The van der Waals surface area contributed by atoms with Crippen molar-refractivity contribution >= 4 is 0 Å². The van der Waals surface area contributed by atoms with Crippen LogP contribution >= 0.6 is 0 Å². The average Bonchev–Trinajstić information content (AvgIpc) is 2.09. The topological polar surface area (TPSA) is 42.2 Å². The number of hydrogen-bond donors (Lipinski definition) is 1. The number of nitrogens with two attached hydrogens (primary N) is 1. The SMILES string of the molecule is Cc1ncccc1CN(C)CCN. The van der Waals surface area contributed by atoms with Gasteiger partial charge < -0.3 is 10.6 Å². The van der Waals surface area contributed by atoms with E-state index in [1.54, 1.807) is 0 Å². The lowest BCUT2D eigenvalue weighted by molar-refractivity contribution is 0.335. The van der Waals surface area contributed by atoms with Crippen LogP contribution in [0.1, 0.15) is 11.3 Å². The Labute approximate surface area is 79.6 Å². The molecule has 0 spiro atoms. The van der Waals surface area contributed by atoms with E-state index >= 15 is 0 Å². The Morgan fingerprint density at radius 3 is 2.92 bits per heavy atom. The van der Waals surface area contributed by atoms with E-state index in [1.807, 2.05) is 19.2 Å². The third-order valence-electron chi connectivity index (χ3n) is 2.07. The third kappa shape index (κ3) is 3.13. The van der Waals surface area contributed by atoms with Gasteiger partial charge in [0.1, 0.15) is 0 Å². The molecule has 1 aromatic heterocycles. The van der Waals surface area contributed by atoms with Crippen LogP contribution in [-0.4, -0.2) is 30.0 Å². The van der Waals surface area contributed by atoms with Crippen LogP contribution in [0.2, 0.25) is 0 Å². The number of aromatic nitrogens is 1. The van der Waals surface area contributed by atoms with Crippen LogP contribution in [0.25, 0.3) is 0 Å². The summed E-state index contributed by atoms with van der Waals surface area (Å²) in [7, 11) is 2.07. The molecule has 2 N–H and O–H groups in total. The van der Waals surface area contributed by atoms with Crippen molar-refractivity contribution in [3.8, 4) is 0 Å². The molecule has 0 unspecified atom stereocenters. The first-order valence-electron chi connectivity index (χ1n) is 4.53. The summed E-state index contributed by atoms with van der Waals surface area (Å²) in [5, 5.41) is 0. The van der Waals surface area contributed by atoms with Gasteiger partial charge >= 0.3 is 0 Å². The standard InChI is InChI=1S/C10H17N3/c1-9-10(4-3-6-12-9)8-13(2)7-5-11/h3-4,6H,5,7-8,11H2,1-2H3. The van der Waals surface area contributed by atoms with E-state index in [-0.39, 0.29) is 0 Å². The summed E-state index contributed by atoms with van der Waals surface area (Å²) in [5.74, 6) is 0. The van der Waals surface area contributed by atoms with Crippen molar-refractivity contribution in [1.82, 2.24) is 9.88 Å². The van der Waals surface area contributed by atoms with Gasteiger partial charge in [0.2, 0.25) is 0 Å². The van der Waals surface area contributed by atoms with Gasteiger partial charge in [0.05, 0.1) is 0 Å². The highest BCUT2D eigenvalue weighted by molar-refractivity contribution is 5.17. The normalized spacial score (nSPS) is 10.8. The van der Waals surface area contributed by atoms with E-state index in [4.69, 9.17) is 5.73 Å². The van der Waals surface area contributed by atoms with Gasteiger partial charge in [-0.15, -0.1) is 0 Å². The Kier molecular flexibility index (Phi) is 3.86. The summed E-state index contributed by atoms with van der Waals surface area (Å²) >= 11 is 0. The molecule has 0 bridgehead atoms. The van der Waals surface area contributed by atoms with Crippen molar-refractivity contribution in [3.05, 3.63) is 29.6 Å². The molecule has 0 aliphatic carbocycles. The lowest BCUT2D eigenvalue weighted by Crippen LogP contribution is -2.25. The molecule has 0 radical (unpaired) electrons. The maximum atomic E-state index is 5.46. The molecule has 3 heteroatoms. The van der Waals surface area contributed by atoms with E-state index in [0.29, 0.717) is 6.54 Å².